The first-order valence-corrected chi connectivity index (χ1v) is 14.2. The van der Waals surface area contributed by atoms with Crippen LogP contribution in [-0.2, 0) is 22.7 Å². The summed E-state index contributed by atoms with van der Waals surface area (Å²) in [6.07, 6.45) is 7.35. The van der Waals surface area contributed by atoms with Gasteiger partial charge in [-0.05, 0) is 84.7 Å². The van der Waals surface area contributed by atoms with E-state index in [1.165, 1.54) is 31.9 Å². The van der Waals surface area contributed by atoms with E-state index < -0.39 is 11.4 Å². The Hall–Kier alpha value is -4.06. The summed E-state index contributed by atoms with van der Waals surface area (Å²) in [6.45, 7) is 0.959. The van der Waals surface area contributed by atoms with Crippen LogP contribution >= 0.6 is 0 Å². The molecule has 206 valence electrons. The van der Waals surface area contributed by atoms with Gasteiger partial charge in [-0.1, -0.05) is 55.7 Å². The molecule has 0 aliphatic heterocycles. The van der Waals surface area contributed by atoms with Crippen LogP contribution in [0.1, 0.15) is 72.3 Å². The predicted octanol–water partition coefficient (Wildman–Crippen LogP) is 7.59. The van der Waals surface area contributed by atoms with Crippen molar-refractivity contribution in [3.8, 4) is 17.0 Å². The van der Waals surface area contributed by atoms with E-state index in [0.29, 0.717) is 19.1 Å². The van der Waals surface area contributed by atoms with Crippen molar-refractivity contribution in [1.29, 1.82) is 0 Å². The molecule has 6 rings (SSSR count). The molecule has 0 saturated heterocycles. The maximum absolute atomic E-state index is 12.9. The summed E-state index contributed by atoms with van der Waals surface area (Å²) in [6, 6.07) is 23.7. The molecule has 2 fully saturated rings. The van der Waals surface area contributed by atoms with Crippen LogP contribution in [0.3, 0.4) is 0 Å². The largest absolute Gasteiger partial charge is 0.489 e. The monoisotopic (exact) mass is 537 g/mol. The molecule has 0 spiro atoms. The molecule has 0 radical (unpaired) electrons. The highest BCUT2D eigenvalue weighted by atomic mass is 16.5. The Morgan fingerprint density at radius 2 is 1.68 bits per heavy atom. The molecule has 0 unspecified atom stereocenters. The number of aromatic nitrogens is 1. The summed E-state index contributed by atoms with van der Waals surface area (Å²) in [5.74, 6) is 0.0179. The summed E-state index contributed by atoms with van der Waals surface area (Å²) < 4.78 is 13.5. The Kier molecular flexibility index (Phi) is 7.09. The SMILES string of the molecule is COC(=O)C1(Cn2c(-c3ccc(OCc4ccccc4)cc3)c(C3CCCCC3)c3ccc(C(=O)O)cc32)CC1. The van der Waals surface area contributed by atoms with Crippen molar-refractivity contribution >= 4 is 22.8 Å². The molecule has 2 aliphatic carbocycles. The second-order valence-corrected chi connectivity index (χ2v) is 11.3. The molecule has 3 aromatic carbocycles. The third-order valence-electron chi connectivity index (χ3n) is 8.67. The van der Waals surface area contributed by atoms with Crippen molar-refractivity contribution in [2.45, 2.75) is 64.0 Å². The van der Waals surface area contributed by atoms with Gasteiger partial charge >= 0.3 is 11.9 Å². The molecule has 6 heteroatoms. The van der Waals surface area contributed by atoms with E-state index in [4.69, 9.17) is 9.47 Å². The van der Waals surface area contributed by atoms with Crippen molar-refractivity contribution in [2.24, 2.45) is 5.41 Å². The van der Waals surface area contributed by atoms with Gasteiger partial charge in [0.25, 0.3) is 0 Å². The molecule has 2 saturated carbocycles. The zero-order valence-electron chi connectivity index (χ0n) is 22.9. The fourth-order valence-electron chi connectivity index (χ4n) is 6.34. The standard InChI is InChI=1S/C34H35NO5/c1-39-33(38)34(18-19-34)22-35-29-20-26(32(36)37)14-17-28(29)30(24-10-6-3-7-11-24)31(35)25-12-15-27(16-13-25)40-21-23-8-4-2-5-9-23/h2,4-5,8-9,12-17,20,24H,3,6-7,10-11,18-19,21-22H2,1H3,(H,36,37). The highest BCUT2D eigenvalue weighted by molar-refractivity contribution is 5.98. The summed E-state index contributed by atoms with van der Waals surface area (Å²) >= 11 is 0. The number of hydrogen-bond donors (Lipinski definition) is 1. The third kappa shape index (κ3) is 4.99. The first-order valence-electron chi connectivity index (χ1n) is 14.2. The van der Waals surface area contributed by atoms with Crippen LogP contribution in [0.15, 0.2) is 72.8 Å². The number of carbonyl (C=O) groups is 2. The summed E-state index contributed by atoms with van der Waals surface area (Å²) in [7, 11) is 1.45. The first kappa shape index (κ1) is 26.2. The van der Waals surface area contributed by atoms with Gasteiger partial charge in [-0.2, -0.15) is 0 Å². The number of ether oxygens (including phenoxy) is 2. The van der Waals surface area contributed by atoms with Crippen LogP contribution in [0.25, 0.3) is 22.2 Å². The minimum absolute atomic E-state index is 0.196. The van der Waals surface area contributed by atoms with Gasteiger partial charge < -0.3 is 19.1 Å². The van der Waals surface area contributed by atoms with Crippen LogP contribution in [0, 0.1) is 5.41 Å². The van der Waals surface area contributed by atoms with Crippen molar-refractivity contribution in [3.63, 3.8) is 0 Å². The van der Waals surface area contributed by atoms with Gasteiger partial charge in [0.1, 0.15) is 12.4 Å². The lowest BCUT2D eigenvalue weighted by Gasteiger charge is -2.24. The zero-order chi connectivity index (χ0) is 27.7. The maximum atomic E-state index is 12.9. The van der Waals surface area contributed by atoms with Gasteiger partial charge in [-0.3, -0.25) is 4.79 Å². The molecule has 6 nitrogen and oxygen atoms in total. The lowest BCUT2D eigenvalue weighted by atomic mass is 9.81. The highest BCUT2D eigenvalue weighted by Gasteiger charge is 2.52. The van der Waals surface area contributed by atoms with Crippen LogP contribution in [0.2, 0.25) is 0 Å². The van der Waals surface area contributed by atoms with Crippen molar-refractivity contribution in [3.05, 3.63) is 89.5 Å². The average Bonchev–Trinajstić information content (AvgIpc) is 3.72. The third-order valence-corrected chi connectivity index (χ3v) is 8.67. The number of aromatic carboxylic acids is 1. The normalized spacial score (nSPS) is 16.5. The van der Waals surface area contributed by atoms with Crippen molar-refractivity contribution in [1.82, 2.24) is 4.57 Å². The number of nitrogens with zero attached hydrogens (tertiary/aromatic N) is 1. The lowest BCUT2D eigenvalue weighted by molar-refractivity contribution is -0.147. The Morgan fingerprint density at radius 1 is 0.950 bits per heavy atom. The van der Waals surface area contributed by atoms with Crippen molar-refractivity contribution in [2.75, 3.05) is 7.11 Å². The van der Waals surface area contributed by atoms with E-state index >= 15 is 0 Å². The van der Waals surface area contributed by atoms with Gasteiger partial charge in [-0.15, -0.1) is 0 Å². The first-order chi connectivity index (χ1) is 19.5. The average molecular weight is 538 g/mol. The minimum Gasteiger partial charge on any atom is -0.489 e. The smallest absolute Gasteiger partial charge is 0.335 e. The Balaban J connectivity index is 1.47. The molecule has 0 bridgehead atoms. The van der Waals surface area contributed by atoms with Gasteiger partial charge in [-0.25, -0.2) is 4.79 Å². The van der Waals surface area contributed by atoms with Gasteiger partial charge in [0.05, 0.1) is 23.8 Å². The second-order valence-electron chi connectivity index (χ2n) is 11.3. The number of esters is 1. The number of hydrogen-bond acceptors (Lipinski definition) is 4. The van der Waals surface area contributed by atoms with Crippen molar-refractivity contribution < 1.29 is 24.2 Å². The minimum atomic E-state index is -0.954. The molecular formula is C34H35NO5. The molecule has 2 aliphatic rings. The van der Waals surface area contributed by atoms with E-state index in [0.717, 1.165) is 59.2 Å². The van der Waals surface area contributed by atoms with Crippen LogP contribution < -0.4 is 4.74 Å². The molecule has 0 amide bonds. The summed E-state index contributed by atoms with van der Waals surface area (Å²) in [4.78, 5) is 24.8. The number of fused-ring (bicyclic) bond motifs is 1. The van der Waals surface area contributed by atoms with Crippen LogP contribution in [0.4, 0.5) is 0 Å². The van der Waals surface area contributed by atoms with Crippen LogP contribution in [0.5, 0.6) is 5.75 Å². The second kappa shape index (κ2) is 10.8. The van der Waals surface area contributed by atoms with Gasteiger partial charge in [0, 0.05) is 17.4 Å². The molecule has 1 heterocycles. The number of carboxylic acid groups (broad SMARTS) is 1. The van der Waals surface area contributed by atoms with E-state index in [1.54, 1.807) is 12.1 Å². The number of benzene rings is 3. The molecule has 1 N–H and O–H groups in total. The van der Waals surface area contributed by atoms with E-state index in [1.807, 2.05) is 48.5 Å². The molecule has 0 atom stereocenters. The molecule has 40 heavy (non-hydrogen) atoms. The van der Waals surface area contributed by atoms with Gasteiger partial charge in [0.2, 0.25) is 0 Å². The number of carbonyl (C=O) groups excluding carboxylic acids is 1. The Bertz CT molecular complexity index is 1530. The van der Waals surface area contributed by atoms with E-state index in [2.05, 4.69) is 16.7 Å². The van der Waals surface area contributed by atoms with Crippen LogP contribution in [-0.4, -0.2) is 28.7 Å². The zero-order valence-corrected chi connectivity index (χ0v) is 22.9. The summed E-state index contributed by atoms with van der Waals surface area (Å²) in [5.41, 5.74) is 5.05. The maximum Gasteiger partial charge on any atom is 0.335 e. The molecule has 4 aromatic rings. The lowest BCUT2D eigenvalue weighted by Crippen LogP contribution is -2.24. The van der Waals surface area contributed by atoms with Gasteiger partial charge in [0.15, 0.2) is 0 Å². The fourth-order valence-corrected chi connectivity index (χ4v) is 6.34. The Morgan fingerprint density at radius 3 is 2.33 bits per heavy atom. The predicted molar refractivity (Wildman–Crippen MR) is 155 cm³/mol. The fraction of sp³-hybridized carbons (Fsp3) is 0.353. The Labute approximate surface area is 234 Å². The molecular weight excluding hydrogens is 502 g/mol. The quantitative estimate of drug-likeness (QED) is 0.223. The van der Waals surface area contributed by atoms with E-state index in [-0.39, 0.29) is 11.5 Å². The van der Waals surface area contributed by atoms with E-state index in [9.17, 15) is 14.7 Å². The molecule has 1 aromatic heterocycles. The topological polar surface area (TPSA) is 77.8 Å². The number of carboxylic acids is 1. The number of methoxy groups -OCH3 is 1. The highest BCUT2D eigenvalue weighted by Crippen LogP contribution is 2.51. The number of rotatable bonds is 9. The summed E-state index contributed by atoms with van der Waals surface area (Å²) in [5, 5.41) is 10.9.